The summed E-state index contributed by atoms with van der Waals surface area (Å²) in [5.74, 6) is -0.778. The van der Waals surface area contributed by atoms with Crippen LogP contribution >= 0.6 is 0 Å². The number of esters is 1. The largest absolute Gasteiger partial charge is 0.461 e. The van der Waals surface area contributed by atoms with Crippen molar-refractivity contribution in [1.82, 2.24) is 9.78 Å². The number of hydrogen-bond donors (Lipinski definition) is 0. The Morgan fingerprint density at radius 3 is 2.71 bits per heavy atom. The topological polar surface area (TPSA) is 44.1 Å². The Morgan fingerprint density at radius 1 is 1.35 bits per heavy atom. The van der Waals surface area contributed by atoms with Gasteiger partial charge in [0.15, 0.2) is 5.69 Å². The van der Waals surface area contributed by atoms with E-state index in [1.807, 2.05) is 0 Å². The van der Waals surface area contributed by atoms with Gasteiger partial charge in [0.25, 0.3) is 0 Å². The molecule has 0 atom stereocenters. The zero-order valence-electron chi connectivity index (χ0n) is 9.26. The predicted octanol–water partition coefficient (Wildman–Crippen LogP) is 2.19. The predicted molar refractivity (Wildman–Crippen MR) is 59.5 cm³/mol. The lowest BCUT2D eigenvalue weighted by Crippen LogP contribution is -2.06. The van der Waals surface area contributed by atoms with Crippen molar-refractivity contribution in [2.24, 2.45) is 0 Å². The first-order valence-electron chi connectivity index (χ1n) is 5.19. The summed E-state index contributed by atoms with van der Waals surface area (Å²) in [5, 5.41) is 4.05. The van der Waals surface area contributed by atoms with Crippen molar-refractivity contribution in [3.8, 4) is 5.69 Å². The summed E-state index contributed by atoms with van der Waals surface area (Å²) in [7, 11) is 0. The summed E-state index contributed by atoms with van der Waals surface area (Å²) in [6.07, 6.45) is 1.62. The summed E-state index contributed by atoms with van der Waals surface area (Å²) >= 11 is 0. The van der Waals surface area contributed by atoms with Gasteiger partial charge in [-0.25, -0.2) is 13.9 Å². The van der Waals surface area contributed by atoms with Gasteiger partial charge in [-0.1, -0.05) is 0 Å². The maximum atomic E-state index is 12.7. The van der Waals surface area contributed by atoms with Crippen molar-refractivity contribution in [3.63, 3.8) is 0 Å². The normalized spacial score (nSPS) is 10.2. The van der Waals surface area contributed by atoms with Crippen molar-refractivity contribution < 1.29 is 13.9 Å². The number of nitrogens with zero attached hydrogens (tertiary/aromatic N) is 2. The fourth-order valence-electron chi connectivity index (χ4n) is 1.38. The number of carbonyl (C=O) groups is 1. The van der Waals surface area contributed by atoms with Crippen molar-refractivity contribution >= 4 is 5.97 Å². The molecule has 88 valence electrons. The highest BCUT2D eigenvalue weighted by Crippen LogP contribution is 2.09. The first kappa shape index (κ1) is 11.3. The summed E-state index contributed by atoms with van der Waals surface area (Å²) in [4.78, 5) is 11.4. The zero-order chi connectivity index (χ0) is 12.3. The lowest BCUT2D eigenvalue weighted by molar-refractivity contribution is 0.0519. The second kappa shape index (κ2) is 4.78. The van der Waals surface area contributed by atoms with Crippen LogP contribution in [0.2, 0.25) is 0 Å². The van der Waals surface area contributed by atoms with E-state index in [9.17, 15) is 9.18 Å². The number of ether oxygens (including phenoxy) is 1. The molecule has 17 heavy (non-hydrogen) atoms. The van der Waals surface area contributed by atoms with Gasteiger partial charge >= 0.3 is 5.97 Å². The molecule has 1 heterocycles. The molecule has 1 aromatic carbocycles. The number of rotatable bonds is 3. The Kier molecular flexibility index (Phi) is 3.18. The highest BCUT2D eigenvalue weighted by atomic mass is 19.1. The van der Waals surface area contributed by atoms with Crippen LogP contribution in [-0.4, -0.2) is 22.4 Å². The molecule has 0 fully saturated rings. The highest BCUT2D eigenvalue weighted by molar-refractivity contribution is 5.87. The van der Waals surface area contributed by atoms with Crippen molar-refractivity contribution in [2.75, 3.05) is 6.61 Å². The molecule has 0 saturated heterocycles. The van der Waals surface area contributed by atoms with E-state index in [0.717, 1.165) is 0 Å². The molecule has 0 radical (unpaired) electrons. The summed E-state index contributed by atoms with van der Waals surface area (Å²) in [5.41, 5.74) is 0.915. The number of aromatic nitrogens is 2. The molecule has 0 bridgehead atoms. The van der Waals surface area contributed by atoms with Gasteiger partial charge in [-0.3, -0.25) is 0 Å². The number of halogens is 1. The maximum absolute atomic E-state index is 12.7. The maximum Gasteiger partial charge on any atom is 0.358 e. The van der Waals surface area contributed by atoms with Crippen LogP contribution in [0.1, 0.15) is 17.4 Å². The van der Waals surface area contributed by atoms with E-state index in [-0.39, 0.29) is 11.5 Å². The molecule has 0 aliphatic heterocycles. The van der Waals surface area contributed by atoms with Crippen molar-refractivity contribution in [3.05, 3.63) is 48.0 Å². The third-order valence-electron chi connectivity index (χ3n) is 2.16. The first-order chi connectivity index (χ1) is 8.20. The van der Waals surface area contributed by atoms with Gasteiger partial charge in [0.2, 0.25) is 0 Å². The fourth-order valence-corrected chi connectivity index (χ4v) is 1.38. The molecule has 0 aliphatic rings. The molecule has 5 heteroatoms. The summed E-state index contributed by atoms with van der Waals surface area (Å²) < 4.78 is 19.0. The van der Waals surface area contributed by atoms with Gasteiger partial charge in [-0.2, -0.15) is 5.10 Å². The fraction of sp³-hybridized carbons (Fsp3) is 0.167. The van der Waals surface area contributed by atoms with E-state index in [1.165, 1.54) is 16.8 Å². The Hall–Kier alpha value is -2.17. The molecule has 2 aromatic rings. The number of benzene rings is 1. The van der Waals surface area contributed by atoms with E-state index in [0.29, 0.717) is 12.3 Å². The quantitative estimate of drug-likeness (QED) is 0.764. The van der Waals surface area contributed by atoms with Crippen LogP contribution in [0.3, 0.4) is 0 Å². The minimum absolute atomic E-state index is 0.233. The molecule has 4 nitrogen and oxygen atoms in total. The van der Waals surface area contributed by atoms with Crippen LogP contribution in [0, 0.1) is 5.82 Å². The van der Waals surface area contributed by atoms with Crippen LogP contribution < -0.4 is 0 Å². The Bertz CT molecular complexity index is 520. The van der Waals surface area contributed by atoms with Crippen molar-refractivity contribution in [1.29, 1.82) is 0 Å². The lowest BCUT2D eigenvalue weighted by Gasteiger charge is -2.00. The van der Waals surface area contributed by atoms with Gasteiger partial charge in [-0.05, 0) is 37.3 Å². The van der Waals surface area contributed by atoms with Crippen LogP contribution in [0.25, 0.3) is 5.69 Å². The first-order valence-corrected chi connectivity index (χ1v) is 5.19. The highest BCUT2D eigenvalue weighted by Gasteiger charge is 2.10. The second-order valence-corrected chi connectivity index (χ2v) is 3.34. The van der Waals surface area contributed by atoms with Crippen LogP contribution in [-0.2, 0) is 4.74 Å². The van der Waals surface area contributed by atoms with Gasteiger partial charge in [0.05, 0.1) is 12.3 Å². The molecule has 0 saturated carbocycles. The minimum Gasteiger partial charge on any atom is -0.461 e. The lowest BCUT2D eigenvalue weighted by atomic mass is 10.3. The second-order valence-electron chi connectivity index (χ2n) is 3.34. The third kappa shape index (κ3) is 2.50. The molecular weight excluding hydrogens is 223 g/mol. The van der Waals surface area contributed by atoms with Gasteiger partial charge < -0.3 is 4.74 Å². The number of carbonyl (C=O) groups excluding carboxylic acids is 1. The van der Waals surface area contributed by atoms with E-state index >= 15 is 0 Å². The van der Waals surface area contributed by atoms with Gasteiger partial charge in [0.1, 0.15) is 5.82 Å². The standard InChI is InChI=1S/C12H11FN2O2/c1-2-17-12(16)11-7-8-15(14-11)10-5-3-9(13)4-6-10/h3-8H,2H2,1H3. The molecule has 0 N–H and O–H groups in total. The molecule has 0 spiro atoms. The van der Waals surface area contributed by atoms with E-state index in [1.54, 1.807) is 31.3 Å². The molecule has 0 amide bonds. The summed E-state index contributed by atoms with van der Waals surface area (Å²) in [6, 6.07) is 7.39. The zero-order valence-corrected chi connectivity index (χ0v) is 9.26. The Labute approximate surface area is 97.6 Å². The van der Waals surface area contributed by atoms with Crippen molar-refractivity contribution in [2.45, 2.75) is 6.92 Å². The molecule has 0 aliphatic carbocycles. The Morgan fingerprint density at radius 2 is 2.06 bits per heavy atom. The van der Waals surface area contributed by atoms with Gasteiger partial charge in [-0.15, -0.1) is 0 Å². The van der Waals surface area contributed by atoms with Crippen LogP contribution in [0.15, 0.2) is 36.5 Å². The minimum atomic E-state index is -0.464. The molecular formula is C12H11FN2O2. The smallest absolute Gasteiger partial charge is 0.358 e. The Balaban J connectivity index is 2.23. The third-order valence-corrected chi connectivity index (χ3v) is 2.16. The van der Waals surface area contributed by atoms with E-state index in [4.69, 9.17) is 4.74 Å². The van der Waals surface area contributed by atoms with Crippen LogP contribution in [0.4, 0.5) is 4.39 Å². The van der Waals surface area contributed by atoms with E-state index < -0.39 is 5.97 Å². The average Bonchev–Trinajstić information content (AvgIpc) is 2.80. The average molecular weight is 234 g/mol. The van der Waals surface area contributed by atoms with E-state index in [2.05, 4.69) is 5.10 Å². The monoisotopic (exact) mass is 234 g/mol. The molecule has 2 rings (SSSR count). The summed E-state index contributed by atoms with van der Waals surface area (Å²) in [6.45, 7) is 2.04. The van der Waals surface area contributed by atoms with Crippen LogP contribution in [0.5, 0.6) is 0 Å². The SMILES string of the molecule is CCOC(=O)c1ccn(-c2ccc(F)cc2)n1. The molecule has 1 aromatic heterocycles. The number of hydrogen-bond acceptors (Lipinski definition) is 3. The van der Waals surface area contributed by atoms with Gasteiger partial charge in [0, 0.05) is 6.20 Å². The molecule has 0 unspecified atom stereocenters.